The van der Waals surface area contributed by atoms with E-state index in [1.54, 1.807) is 0 Å². The minimum atomic E-state index is 0. The van der Waals surface area contributed by atoms with Crippen LogP contribution in [0.4, 0.5) is 0 Å². The Kier molecular flexibility index (Phi) is 5.25. The summed E-state index contributed by atoms with van der Waals surface area (Å²) in [7, 11) is 1.91. The van der Waals surface area contributed by atoms with Gasteiger partial charge in [-0.3, -0.25) is 0 Å². The van der Waals surface area contributed by atoms with Gasteiger partial charge in [0.2, 0.25) is 0 Å². The first kappa shape index (κ1) is 14.3. The molecule has 0 aliphatic heterocycles. The zero-order chi connectivity index (χ0) is 11.5. The van der Waals surface area contributed by atoms with Crippen molar-refractivity contribution in [1.29, 1.82) is 0 Å². The van der Waals surface area contributed by atoms with Gasteiger partial charge in [-0.15, -0.1) is 12.4 Å². The van der Waals surface area contributed by atoms with Crippen molar-refractivity contribution in [3.8, 4) is 11.3 Å². The van der Waals surface area contributed by atoms with Crippen LogP contribution in [-0.4, -0.2) is 7.05 Å². The quantitative estimate of drug-likeness (QED) is 0.920. The first-order chi connectivity index (χ1) is 7.70. The lowest BCUT2D eigenvalue weighted by molar-refractivity contribution is 0.507. The molecule has 92 valence electrons. The zero-order valence-corrected chi connectivity index (χ0v) is 12.2. The summed E-state index contributed by atoms with van der Waals surface area (Å²) in [6, 6.07) is 10.2. The van der Waals surface area contributed by atoms with Gasteiger partial charge in [-0.2, -0.15) is 0 Å². The lowest BCUT2D eigenvalue weighted by Crippen LogP contribution is -2.03. The summed E-state index contributed by atoms with van der Waals surface area (Å²) in [5, 5.41) is 3.07. The zero-order valence-electron chi connectivity index (χ0n) is 9.79. The number of halogens is 2. The summed E-state index contributed by atoms with van der Waals surface area (Å²) in [4.78, 5) is 0. The van der Waals surface area contributed by atoms with Crippen LogP contribution in [0.5, 0.6) is 0 Å². The molecule has 17 heavy (non-hydrogen) atoms. The molecule has 2 aromatic rings. The van der Waals surface area contributed by atoms with Crippen LogP contribution in [0, 0.1) is 6.92 Å². The Morgan fingerprint density at radius 2 is 2.00 bits per heavy atom. The standard InChI is InChI=1S/C13H14BrNO.ClH/c1-9-7-10(3-5-12(9)14)13-6-4-11(16-13)8-15-2;/h3-7,15H,8H2,1-2H3;1H. The highest BCUT2D eigenvalue weighted by Crippen LogP contribution is 2.26. The van der Waals surface area contributed by atoms with Crippen molar-refractivity contribution >= 4 is 28.3 Å². The first-order valence-electron chi connectivity index (χ1n) is 5.20. The van der Waals surface area contributed by atoms with Crippen LogP contribution in [0.2, 0.25) is 0 Å². The molecule has 0 radical (unpaired) electrons. The molecule has 1 heterocycles. The number of aryl methyl sites for hydroxylation is 1. The molecule has 0 fully saturated rings. The van der Waals surface area contributed by atoms with Gasteiger partial charge in [0, 0.05) is 10.0 Å². The van der Waals surface area contributed by atoms with E-state index in [-0.39, 0.29) is 12.4 Å². The van der Waals surface area contributed by atoms with Crippen LogP contribution in [0.15, 0.2) is 39.2 Å². The molecule has 0 aliphatic rings. The van der Waals surface area contributed by atoms with Crippen molar-refractivity contribution in [2.45, 2.75) is 13.5 Å². The maximum atomic E-state index is 5.73. The molecule has 1 aromatic heterocycles. The Labute approximate surface area is 116 Å². The van der Waals surface area contributed by atoms with E-state index >= 15 is 0 Å². The summed E-state index contributed by atoms with van der Waals surface area (Å²) in [6.45, 7) is 2.83. The largest absolute Gasteiger partial charge is 0.460 e. The fraction of sp³-hybridized carbons (Fsp3) is 0.231. The van der Waals surface area contributed by atoms with Crippen LogP contribution < -0.4 is 5.32 Å². The van der Waals surface area contributed by atoms with E-state index < -0.39 is 0 Å². The van der Waals surface area contributed by atoms with Crippen molar-refractivity contribution in [3.63, 3.8) is 0 Å². The van der Waals surface area contributed by atoms with E-state index in [4.69, 9.17) is 4.42 Å². The summed E-state index contributed by atoms with van der Waals surface area (Å²) in [6.07, 6.45) is 0. The molecule has 4 heteroatoms. The number of nitrogens with one attached hydrogen (secondary N) is 1. The van der Waals surface area contributed by atoms with E-state index in [0.29, 0.717) is 0 Å². The number of hydrogen-bond donors (Lipinski definition) is 1. The lowest BCUT2D eigenvalue weighted by atomic mass is 10.1. The molecule has 1 aromatic carbocycles. The second-order valence-corrected chi connectivity index (χ2v) is 4.61. The van der Waals surface area contributed by atoms with Gasteiger partial charge in [0.25, 0.3) is 0 Å². The Balaban J connectivity index is 0.00000144. The molecule has 0 saturated heterocycles. The monoisotopic (exact) mass is 315 g/mol. The van der Waals surface area contributed by atoms with Crippen molar-refractivity contribution in [2.75, 3.05) is 7.05 Å². The maximum absolute atomic E-state index is 5.73. The van der Waals surface area contributed by atoms with E-state index in [1.165, 1.54) is 5.56 Å². The summed E-state index contributed by atoms with van der Waals surface area (Å²) in [5.41, 5.74) is 2.33. The topological polar surface area (TPSA) is 25.2 Å². The molecule has 2 rings (SSSR count). The Bertz CT molecular complexity index is 496. The number of furan rings is 1. The third-order valence-corrected chi connectivity index (χ3v) is 3.34. The molecule has 0 spiro atoms. The third kappa shape index (κ3) is 3.35. The summed E-state index contributed by atoms with van der Waals surface area (Å²) >= 11 is 3.49. The molecule has 0 aliphatic carbocycles. The normalized spacial score (nSPS) is 10.1. The minimum absolute atomic E-state index is 0. The molecular weight excluding hydrogens is 302 g/mol. The average Bonchev–Trinajstić information content (AvgIpc) is 2.71. The molecule has 1 N–H and O–H groups in total. The number of benzene rings is 1. The number of rotatable bonds is 3. The molecule has 0 atom stereocenters. The molecule has 0 saturated carbocycles. The fourth-order valence-corrected chi connectivity index (χ4v) is 1.85. The van der Waals surface area contributed by atoms with Crippen LogP contribution in [0.3, 0.4) is 0 Å². The van der Waals surface area contributed by atoms with Gasteiger partial charge in [0.1, 0.15) is 11.5 Å². The van der Waals surface area contributed by atoms with Gasteiger partial charge >= 0.3 is 0 Å². The van der Waals surface area contributed by atoms with E-state index in [1.807, 2.05) is 25.2 Å². The maximum Gasteiger partial charge on any atom is 0.134 e. The van der Waals surface area contributed by atoms with Gasteiger partial charge in [0.05, 0.1) is 6.54 Å². The van der Waals surface area contributed by atoms with Gasteiger partial charge in [0.15, 0.2) is 0 Å². The predicted molar refractivity (Wildman–Crippen MR) is 76.6 cm³/mol. The Morgan fingerprint density at radius 3 is 2.65 bits per heavy atom. The van der Waals surface area contributed by atoms with Crippen LogP contribution >= 0.6 is 28.3 Å². The SMILES string of the molecule is CNCc1ccc(-c2ccc(Br)c(C)c2)o1.Cl. The van der Waals surface area contributed by atoms with Crippen LogP contribution in [0.1, 0.15) is 11.3 Å². The van der Waals surface area contributed by atoms with E-state index in [9.17, 15) is 0 Å². The molecule has 0 amide bonds. The number of hydrogen-bond acceptors (Lipinski definition) is 2. The van der Waals surface area contributed by atoms with Gasteiger partial charge in [-0.05, 0) is 43.8 Å². The van der Waals surface area contributed by atoms with Crippen LogP contribution in [0.25, 0.3) is 11.3 Å². The second-order valence-electron chi connectivity index (χ2n) is 3.76. The summed E-state index contributed by atoms with van der Waals surface area (Å²) < 4.78 is 6.85. The highest BCUT2D eigenvalue weighted by molar-refractivity contribution is 9.10. The Morgan fingerprint density at radius 1 is 1.24 bits per heavy atom. The summed E-state index contributed by atoms with van der Waals surface area (Å²) in [5.74, 6) is 1.87. The van der Waals surface area contributed by atoms with Crippen molar-refractivity contribution in [3.05, 3.63) is 46.1 Å². The van der Waals surface area contributed by atoms with Gasteiger partial charge in [-0.25, -0.2) is 0 Å². The molecule has 0 unspecified atom stereocenters. The Hall–Kier alpha value is -0.770. The lowest BCUT2D eigenvalue weighted by Gasteiger charge is -2.01. The van der Waals surface area contributed by atoms with Gasteiger partial charge < -0.3 is 9.73 Å². The highest BCUT2D eigenvalue weighted by Gasteiger charge is 2.05. The van der Waals surface area contributed by atoms with Crippen LogP contribution in [-0.2, 0) is 6.54 Å². The van der Waals surface area contributed by atoms with Crippen molar-refractivity contribution < 1.29 is 4.42 Å². The minimum Gasteiger partial charge on any atom is -0.460 e. The smallest absolute Gasteiger partial charge is 0.134 e. The highest BCUT2D eigenvalue weighted by atomic mass is 79.9. The molecule has 0 bridgehead atoms. The third-order valence-electron chi connectivity index (χ3n) is 2.46. The molecular formula is C13H15BrClNO. The fourth-order valence-electron chi connectivity index (χ4n) is 1.60. The van der Waals surface area contributed by atoms with Crippen molar-refractivity contribution in [2.24, 2.45) is 0 Å². The first-order valence-corrected chi connectivity index (χ1v) is 6.00. The average molecular weight is 317 g/mol. The van der Waals surface area contributed by atoms with Gasteiger partial charge in [-0.1, -0.05) is 22.0 Å². The van der Waals surface area contributed by atoms with E-state index in [2.05, 4.69) is 40.3 Å². The second kappa shape index (κ2) is 6.24. The predicted octanol–water partition coefficient (Wildman–Crippen LogP) is 4.16. The van der Waals surface area contributed by atoms with Crippen molar-refractivity contribution in [1.82, 2.24) is 5.32 Å². The van der Waals surface area contributed by atoms with E-state index in [0.717, 1.165) is 28.1 Å². The molecule has 2 nitrogen and oxygen atoms in total.